The van der Waals surface area contributed by atoms with Gasteiger partial charge in [-0.3, -0.25) is 14.5 Å². The Labute approximate surface area is 125 Å². The van der Waals surface area contributed by atoms with Crippen molar-refractivity contribution in [3.05, 3.63) is 35.4 Å². The zero-order valence-electron chi connectivity index (χ0n) is 11.8. The first-order valence-electron chi connectivity index (χ1n) is 6.28. The van der Waals surface area contributed by atoms with Gasteiger partial charge in [-0.05, 0) is 24.6 Å². The largest absolute Gasteiger partial charge is 0.480 e. The van der Waals surface area contributed by atoms with E-state index in [9.17, 15) is 9.59 Å². The molecule has 1 rings (SSSR count). The van der Waals surface area contributed by atoms with Gasteiger partial charge in [0.05, 0.1) is 6.54 Å². The van der Waals surface area contributed by atoms with Gasteiger partial charge in [-0.1, -0.05) is 31.2 Å². The highest BCUT2D eigenvalue weighted by atomic mass is 35.5. The molecule has 1 aromatic rings. The van der Waals surface area contributed by atoms with Crippen molar-refractivity contribution >= 4 is 24.3 Å². The van der Waals surface area contributed by atoms with Crippen molar-refractivity contribution in [1.29, 1.82) is 0 Å². The minimum absolute atomic E-state index is 0. The predicted molar refractivity (Wildman–Crippen MR) is 80.0 cm³/mol. The number of aliphatic carboxylic acids is 1. The summed E-state index contributed by atoms with van der Waals surface area (Å²) in [5.41, 5.74) is 2.36. The molecule has 6 heteroatoms. The van der Waals surface area contributed by atoms with Gasteiger partial charge in [0.25, 0.3) is 0 Å². The van der Waals surface area contributed by atoms with Crippen LogP contribution >= 0.6 is 12.4 Å². The summed E-state index contributed by atoms with van der Waals surface area (Å²) in [4.78, 5) is 23.9. The number of halogens is 1. The third kappa shape index (κ3) is 6.54. The van der Waals surface area contributed by atoms with E-state index in [1.54, 1.807) is 0 Å². The molecule has 0 bridgehead atoms. The van der Waals surface area contributed by atoms with E-state index >= 15 is 0 Å². The second-order valence-electron chi connectivity index (χ2n) is 4.40. The molecule has 0 aliphatic carbocycles. The number of hydrogen-bond donors (Lipinski definition) is 2. The molecule has 0 saturated heterocycles. The topological polar surface area (TPSA) is 69.6 Å². The summed E-state index contributed by atoms with van der Waals surface area (Å²) in [6, 6.07) is 8.02. The van der Waals surface area contributed by atoms with Crippen molar-refractivity contribution < 1.29 is 14.7 Å². The molecular weight excluding hydrogens is 280 g/mol. The number of hydrogen-bond acceptors (Lipinski definition) is 3. The van der Waals surface area contributed by atoms with E-state index in [-0.39, 0.29) is 31.4 Å². The smallest absolute Gasteiger partial charge is 0.322 e. The van der Waals surface area contributed by atoms with Crippen LogP contribution in [0.25, 0.3) is 0 Å². The Morgan fingerprint density at radius 3 is 2.50 bits per heavy atom. The maximum absolute atomic E-state index is 11.6. The predicted octanol–water partition coefficient (Wildman–Crippen LogP) is 1.44. The molecule has 0 spiro atoms. The quantitative estimate of drug-likeness (QED) is 0.799. The number of likely N-dealkylation sites (N-methyl/N-ethyl adjacent to an activating group) is 1. The molecule has 0 heterocycles. The summed E-state index contributed by atoms with van der Waals surface area (Å²) in [6.07, 6.45) is 0. The summed E-state index contributed by atoms with van der Waals surface area (Å²) < 4.78 is 0. The highest BCUT2D eigenvalue weighted by Crippen LogP contribution is 2.09. The summed E-state index contributed by atoms with van der Waals surface area (Å²) >= 11 is 0. The average molecular weight is 301 g/mol. The van der Waals surface area contributed by atoms with Crippen LogP contribution in [0.1, 0.15) is 18.1 Å². The van der Waals surface area contributed by atoms with Gasteiger partial charge in [-0.25, -0.2) is 0 Å². The number of carbonyl (C=O) groups excluding carboxylic acids is 1. The van der Waals surface area contributed by atoms with Crippen LogP contribution in [0.5, 0.6) is 0 Å². The molecule has 0 aliphatic rings. The van der Waals surface area contributed by atoms with E-state index in [1.807, 2.05) is 43.0 Å². The minimum atomic E-state index is -1.03. The molecule has 1 aromatic carbocycles. The second kappa shape index (κ2) is 9.34. The van der Waals surface area contributed by atoms with E-state index < -0.39 is 5.97 Å². The normalized spacial score (nSPS) is 9.95. The van der Waals surface area contributed by atoms with Crippen LogP contribution < -0.4 is 5.32 Å². The molecule has 1 amide bonds. The molecule has 2 N–H and O–H groups in total. The zero-order valence-corrected chi connectivity index (χ0v) is 12.6. The zero-order chi connectivity index (χ0) is 14.3. The summed E-state index contributed by atoms with van der Waals surface area (Å²) in [5, 5.41) is 10.9. The van der Waals surface area contributed by atoms with E-state index in [1.165, 1.54) is 11.1 Å². The van der Waals surface area contributed by atoms with Crippen LogP contribution in [0.2, 0.25) is 0 Å². The molecule has 0 saturated carbocycles. The summed E-state index contributed by atoms with van der Waals surface area (Å²) in [5.74, 6) is -1.30. The van der Waals surface area contributed by atoms with Crippen molar-refractivity contribution in [2.24, 2.45) is 0 Å². The number of aryl methyl sites for hydroxylation is 1. The van der Waals surface area contributed by atoms with Gasteiger partial charge >= 0.3 is 5.97 Å². The highest BCUT2D eigenvalue weighted by Gasteiger charge is 2.11. The fourth-order valence-corrected chi connectivity index (χ4v) is 1.74. The lowest BCUT2D eigenvalue weighted by Gasteiger charge is -2.20. The van der Waals surface area contributed by atoms with Gasteiger partial charge in [-0.2, -0.15) is 0 Å². The van der Waals surface area contributed by atoms with Crippen LogP contribution in [0, 0.1) is 6.92 Å². The van der Waals surface area contributed by atoms with E-state index in [2.05, 4.69) is 5.32 Å². The Balaban J connectivity index is 0.00000361. The third-order valence-electron chi connectivity index (χ3n) is 2.91. The number of nitrogens with zero attached hydrogens (tertiary/aromatic N) is 1. The minimum Gasteiger partial charge on any atom is -0.480 e. The number of carboxylic acids is 1. The molecule has 112 valence electrons. The van der Waals surface area contributed by atoms with E-state index in [0.29, 0.717) is 6.54 Å². The Kier molecular flexibility index (Phi) is 8.59. The maximum Gasteiger partial charge on any atom is 0.322 e. The monoisotopic (exact) mass is 300 g/mol. The molecule has 0 radical (unpaired) electrons. The lowest BCUT2D eigenvalue weighted by molar-refractivity contribution is -0.138. The lowest BCUT2D eigenvalue weighted by atomic mass is 10.1. The van der Waals surface area contributed by atoms with E-state index in [4.69, 9.17) is 5.11 Å². The van der Waals surface area contributed by atoms with Gasteiger partial charge in [0.2, 0.25) is 5.91 Å². The van der Waals surface area contributed by atoms with Crippen molar-refractivity contribution in [3.63, 3.8) is 0 Å². The van der Waals surface area contributed by atoms with E-state index in [0.717, 1.165) is 6.54 Å². The van der Waals surface area contributed by atoms with Crippen LogP contribution in [0.4, 0.5) is 0 Å². The maximum atomic E-state index is 11.6. The first kappa shape index (κ1) is 18.4. The molecule has 0 aromatic heterocycles. The first-order valence-corrected chi connectivity index (χ1v) is 6.28. The Morgan fingerprint density at radius 1 is 1.30 bits per heavy atom. The average Bonchev–Trinajstić information content (AvgIpc) is 2.38. The fraction of sp³-hybridized carbons (Fsp3) is 0.429. The number of nitrogens with one attached hydrogen (secondary N) is 1. The summed E-state index contributed by atoms with van der Waals surface area (Å²) in [7, 11) is 0. The van der Waals surface area contributed by atoms with Gasteiger partial charge < -0.3 is 10.4 Å². The highest BCUT2D eigenvalue weighted by molar-refractivity contribution is 5.85. The molecular formula is C14H21ClN2O3. The molecule has 5 nitrogen and oxygen atoms in total. The second-order valence-corrected chi connectivity index (χ2v) is 4.40. The van der Waals surface area contributed by atoms with Crippen LogP contribution in [-0.4, -0.2) is 41.5 Å². The first-order chi connectivity index (χ1) is 9.02. The van der Waals surface area contributed by atoms with Gasteiger partial charge in [0, 0.05) is 6.54 Å². The Morgan fingerprint density at radius 2 is 1.95 bits per heavy atom. The SMILES string of the molecule is CCN(CC(=O)NCC(=O)O)Cc1ccccc1C.Cl. The van der Waals surface area contributed by atoms with Crippen molar-refractivity contribution in [2.45, 2.75) is 20.4 Å². The van der Waals surface area contributed by atoms with Gasteiger partial charge in [0.15, 0.2) is 0 Å². The summed E-state index contributed by atoms with van der Waals surface area (Å²) in [6.45, 7) is 5.30. The Bertz CT molecular complexity index is 452. The molecule has 0 aliphatic heterocycles. The standard InChI is InChI=1S/C14H20N2O3.ClH/c1-3-16(10-13(17)15-8-14(18)19)9-12-7-5-4-6-11(12)2;/h4-7H,3,8-10H2,1-2H3,(H,15,17)(H,18,19);1H. The number of amides is 1. The van der Waals surface area contributed by atoms with Crippen LogP contribution in [-0.2, 0) is 16.1 Å². The Hall–Kier alpha value is -1.59. The molecule has 0 unspecified atom stereocenters. The van der Waals surface area contributed by atoms with Crippen molar-refractivity contribution in [2.75, 3.05) is 19.6 Å². The lowest BCUT2D eigenvalue weighted by Crippen LogP contribution is -2.39. The number of carbonyl (C=O) groups is 2. The van der Waals surface area contributed by atoms with Crippen molar-refractivity contribution in [1.82, 2.24) is 10.2 Å². The number of carboxylic acid groups (broad SMARTS) is 1. The molecule has 0 fully saturated rings. The van der Waals surface area contributed by atoms with Crippen molar-refractivity contribution in [3.8, 4) is 0 Å². The molecule has 20 heavy (non-hydrogen) atoms. The number of benzene rings is 1. The van der Waals surface area contributed by atoms with Crippen LogP contribution in [0.3, 0.4) is 0 Å². The molecule has 0 atom stereocenters. The van der Waals surface area contributed by atoms with Gasteiger partial charge in [0.1, 0.15) is 6.54 Å². The van der Waals surface area contributed by atoms with Gasteiger partial charge in [-0.15, -0.1) is 12.4 Å². The third-order valence-corrected chi connectivity index (χ3v) is 2.91. The fourth-order valence-electron chi connectivity index (χ4n) is 1.74. The van der Waals surface area contributed by atoms with Crippen LogP contribution in [0.15, 0.2) is 24.3 Å². The number of rotatable bonds is 7.